The number of nitrogens with zero attached hydrogens (tertiary/aromatic N) is 1. The summed E-state index contributed by atoms with van der Waals surface area (Å²) in [6.45, 7) is 0.547. The Bertz CT molecular complexity index is 789. The predicted octanol–water partition coefficient (Wildman–Crippen LogP) is 3.27. The van der Waals surface area contributed by atoms with Crippen molar-refractivity contribution in [3.8, 4) is 16.9 Å². The van der Waals surface area contributed by atoms with Crippen LogP contribution >= 0.6 is 0 Å². The van der Waals surface area contributed by atoms with Crippen molar-refractivity contribution in [3.05, 3.63) is 88.8 Å². The van der Waals surface area contributed by atoms with Gasteiger partial charge in [-0.05, 0) is 34.9 Å². The van der Waals surface area contributed by atoms with E-state index in [9.17, 15) is 9.90 Å². The van der Waals surface area contributed by atoms with E-state index in [1.54, 1.807) is 28.8 Å². The summed E-state index contributed by atoms with van der Waals surface area (Å²) in [5.41, 5.74) is 2.98. The van der Waals surface area contributed by atoms with Crippen LogP contribution in [-0.4, -0.2) is 9.67 Å². The van der Waals surface area contributed by atoms with Gasteiger partial charge in [0.1, 0.15) is 5.75 Å². The molecular weight excluding hydrogens is 262 g/mol. The monoisotopic (exact) mass is 277 g/mol. The van der Waals surface area contributed by atoms with Gasteiger partial charge in [0, 0.05) is 12.3 Å². The summed E-state index contributed by atoms with van der Waals surface area (Å²) in [6, 6.07) is 20.2. The Morgan fingerprint density at radius 1 is 0.810 bits per heavy atom. The highest BCUT2D eigenvalue weighted by Crippen LogP contribution is 2.20. The van der Waals surface area contributed by atoms with Crippen LogP contribution < -0.4 is 5.56 Å². The number of phenolic OH excluding ortho intramolecular Hbond substituents is 1. The van der Waals surface area contributed by atoms with E-state index in [1.165, 1.54) is 0 Å². The molecule has 0 aliphatic heterocycles. The average Bonchev–Trinajstić information content (AvgIpc) is 2.51. The van der Waals surface area contributed by atoms with E-state index in [2.05, 4.69) is 0 Å². The van der Waals surface area contributed by atoms with E-state index in [1.807, 2.05) is 48.7 Å². The lowest BCUT2D eigenvalue weighted by atomic mass is 10.1. The largest absolute Gasteiger partial charge is 0.508 e. The third-order valence-corrected chi connectivity index (χ3v) is 3.38. The van der Waals surface area contributed by atoms with E-state index in [0.717, 1.165) is 16.7 Å². The summed E-state index contributed by atoms with van der Waals surface area (Å²) in [4.78, 5) is 12.0. The van der Waals surface area contributed by atoms with Crippen LogP contribution in [0.2, 0.25) is 0 Å². The molecule has 1 heterocycles. The topological polar surface area (TPSA) is 42.2 Å². The molecule has 0 fully saturated rings. The Kier molecular flexibility index (Phi) is 3.56. The zero-order valence-electron chi connectivity index (χ0n) is 11.4. The molecule has 0 aliphatic rings. The second kappa shape index (κ2) is 5.67. The summed E-state index contributed by atoms with van der Waals surface area (Å²) in [5.74, 6) is 0.233. The first-order chi connectivity index (χ1) is 10.2. The number of aromatic hydroxyl groups is 1. The molecule has 0 saturated heterocycles. The number of hydrogen-bond donors (Lipinski definition) is 1. The lowest BCUT2D eigenvalue weighted by molar-refractivity contribution is 0.475. The van der Waals surface area contributed by atoms with Crippen LogP contribution in [0, 0.1) is 0 Å². The molecule has 3 heteroatoms. The first kappa shape index (κ1) is 13.2. The Labute approximate surface area is 122 Å². The third kappa shape index (κ3) is 3.03. The van der Waals surface area contributed by atoms with Crippen LogP contribution in [0.15, 0.2) is 77.7 Å². The summed E-state index contributed by atoms with van der Waals surface area (Å²) >= 11 is 0. The maximum Gasteiger partial charge on any atom is 0.250 e. The molecule has 0 aliphatic carbocycles. The molecule has 0 saturated carbocycles. The molecule has 21 heavy (non-hydrogen) atoms. The summed E-state index contributed by atoms with van der Waals surface area (Å²) in [5, 5.41) is 9.34. The molecule has 1 N–H and O–H groups in total. The molecule has 0 radical (unpaired) electrons. The van der Waals surface area contributed by atoms with Crippen molar-refractivity contribution in [1.29, 1.82) is 0 Å². The molecule has 3 rings (SSSR count). The van der Waals surface area contributed by atoms with Crippen molar-refractivity contribution >= 4 is 0 Å². The van der Waals surface area contributed by atoms with Crippen molar-refractivity contribution < 1.29 is 5.11 Å². The lowest BCUT2D eigenvalue weighted by Crippen LogP contribution is -2.19. The average molecular weight is 277 g/mol. The van der Waals surface area contributed by atoms with Gasteiger partial charge in [-0.25, -0.2) is 0 Å². The molecule has 3 aromatic rings. The minimum atomic E-state index is -0.0265. The quantitative estimate of drug-likeness (QED) is 0.798. The van der Waals surface area contributed by atoms with Gasteiger partial charge in [0.05, 0.1) is 6.54 Å². The summed E-state index contributed by atoms with van der Waals surface area (Å²) in [7, 11) is 0. The van der Waals surface area contributed by atoms with Gasteiger partial charge in [-0.3, -0.25) is 4.79 Å². The second-order valence-electron chi connectivity index (χ2n) is 4.92. The zero-order chi connectivity index (χ0) is 14.7. The second-order valence-corrected chi connectivity index (χ2v) is 4.92. The highest BCUT2D eigenvalue weighted by molar-refractivity contribution is 5.63. The number of rotatable bonds is 3. The Morgan fingerprint density at radius 3 is 2.19 bits per heavy atom. The Hall–Kier alpha value is -2.81. The van der Waals surface area contributed by atoms with Crippen molar-refractivity contribution in [1.82, 2.24) is 4.57 Å². The van der Waals surface area contributed by atoms with E-state index in [0.29, 0.717) is 6.54 Å². The van der Waals surface area contributed by atoms with Crippen LogP contribution in [0.1, 0.15) is 5.56 Å². The van der Waals surface area contributed by atoms with Gasteiger partial charge in [-0.1, -0.05) is 42.5 Å². The van der Waals surface area contributed by atoms with Gasteiger partial charge >= 0.3 is 0 Å². The van der Waals surface area contributed by atoms with Gasteiger partial charge in [-0.2, -0.15) is 0 Å². The normalized spacial score (nSPS) is 10.5. The van der Waals surface area contributed by atoms with Gasteiger partial charge in [-0.15, -0.1) is 0 Å². The van der Waals surface area contributed by atoms with Crippen LogP contribution in [0.4, 0.5) is 0 Å². The Morgan fingerprint density at radius 2 is 1.48 bits per heavy atom. The molecule has 2 aromatic carbocycles. The van der Waals surface area contributed by atoms with Crippen LogP contribution in [0.5, 0.6) is 5.75 Å². The molecule has 0 amide bonds. The fraction of sp³-hybridized carbons (Fsp3) is 0.0556. The van der Waals surface area contributed by atoms with Crippen LogP contribution in [0.25, 0.3) is 11.1 Å². The molecule has 1 aromatic heterocycles. The molecule has 104 valence electrons. The number of pyridine rings is 1. The summed E-state index contributed by atoms with van der Waals surface area (Å²) < 4.78 is 1.69. The molecule has 3 nitrogen and oxygen atoms in total. The van der Waals surface area contributed by atoms with Gasteiger partial charge in [0.25, 0.3) is 5.56 Å². The number of phenols is 1. The van der Waals surface area contributed by atoms with E-state index < -0.39 is 0 Å². The first-order valence-electron chi connectivity index (χ1n) is 6.76. The maximum absolute atomic E-state index is 12.0. The standard InChI is InChI=1S/C18H15NO2/c20-17-9-6-15(7-10-17)16-8-11-18(21)19(13-16)12-14-4-2-1-3-5-14/h1-11,13,20H,12H2. The number of aromatic nitrogens is 1. The molecule has 0 spiro atoms. The minimum Gasteiger partial charge on any atom is -0.508 e. The minimum absolute atomic E-state index is 0.0265. The van der Waals surface area contributed by atoms with Gasteiger partial charge < -0.3 is 9.67 Å². The zero-order valence-corrected chi connectivity index (χ0v) is 11.4. The Balaban J connectivity index is 1.96. The van der Waals surface area contributed by atoms with Crippen LogP contribution in [0.3, 0.4) is 0 Å². The van der Waals surface area contributed by atoms with Crippen molar-refractivity contribution in [2.75, 3.05) is 0 Å². The highest BCUT2D eigenvalue weighted by atomic mass is 16.3. The van der Waals surface area contributed by atoms with Crippen molar-refractivity contribution in [3.63, 3.8) is 0 Å². The van der Waals surface area contributed by atoms with E-state index >= 15 is 0 Å². The van der Waals surface area contributed by atoms with E-state index in [4.69, 9.17) is 0 Å². The fourth-order valence-corrected chi connectivity index (χ4v) is 2.26. The molecule has 0 unspecified atom stereocenters. The smallest absolute Gasteiger partial charge is 0.250 e. The maximum atomic E-state index is 12.0. The number of hydrogen-bond acceptors (Lipinski definition) is 2. The van der Waals surface area contributed by atoms with E-state index in [-0.39, 0.29) is 11.3 Å². The SMILES string of the molecule is O=c1ccc(-c2ccc(O)cc2)cn1Cc1ccccc1. The highest BCUT2D eigenvalue weighted by Gasteiger charge is 2.02. The molecule has 0 atom stereocenters. The van der Waals surface area contributed by atoms with Gasteiger partial charge in [0.15, 0.2) is 0 Å². The van der Waals surface area contributed by atoms with Crippen molar-refractivity contribution in [2.45, 2.75) is 6.54 Å². The fourth-order valence-electron chi connectivity index (χ4n) is 2.26. The number of benzene rings is 2. The third-order valence-electron chi connectivity index (χ3n) is 3.38. The summed E-state index contributed by atoms with van der Waals surface area (Å²) in [6.07, 6.45) is 1.85. The van der Waals surface area contributed by atoms with Gasteiger partial charge in [0.2, 0.25) is 0 Å². The predicted molar refractivity (Wildman–Crippen MR) is 83.3 cm³/mol. The molecule has 0 bridgehead atoms. The van der Waals surface area contributed by atoms with Crippen molar-refractivity contribution in [2.24, 2.45) is 0 Å². The molecular formula is C18H15NO2. The lowest BCUT2D eigenvalue weighted by Gasteiger charge is -2.09. The van der Waals surface area contributed by atoms with Crippen LogP contribution in [-0.2, 0) is 6.54 Å². The first-order valence-corrected chi connectivity index (χ1v) is 6.76.